The minimum Gasteiger partial charge on any atom is -0.460 e. The van der Waals surface area contributed by atoms with Crippen LogP contribution in [0.5, 0.6) is 0 Å². The number of allylic oxidation sites excluding steroid dienone is 7. The molecule has 2 aliphatic heterocycles. The second-order valence-corrected chi connectivity index (χ2v) is 10.1. The minimum atomic E-state index is -1.56. The lowest BCUT2D eigenvalue weighted by Gasteiger charge is -2.40. The predicted molar refractivity (Wildman–Crippen MR) is 154 cm³/mol. The van der Waals surface area contributed by atoms with Crippen LogP contribution in [0, 0.1) is 0 Å². The Kier molecular flexibility index (Phi) is 16.7. The Morgan fingerprint density at radius 2 is 1.56 bits per heavy atom. The third kappa shape index (κ3) is 13.4. The van der Waals surface area contributed by atoms with E-state index in [9.17, 15) is 30.3 Å². The van der Waals surface area contributed by atoms with Gasteiger partial charge >= 0.3 is 5.97 Å². The summed E-state index contributed by atoms with van der Waals surface area (Å²) in [5.74, 6) is -0.443. The van der Waals surface area contributed by atoms with E-state index >= 15 is 0 Å². The van der Waals surface area contributed by atoms with E-state index in [0.29, 0.717) is 19.3 Å². The zero-order valence-electron chi connectivity index (χ0n) is 23.9. The third-order valence-electron chi connectivity index (χ3n) is 6.67. The van der Waals surface area contributed by atoms with Crippen molar-refractivity contribution in [3.8, 4) is 0 Å². The summed E-state index contributed by atoms with van der Waals surface area (Å²) in [6, 6.07) is 0. The van der Waals surface area contributed by atoms with E-state index in [1.165, 1.54) is 6.08 Å². The van der Waals surface area contributed by atoms with Gasteiger partial charge in [-0.3, -0.25) is 0 Å². The lowest BCUT2D eigenvalue weighted by molar-refractivity contribution is -0.307. The van der Waals surface area contributed by atoms with Crippen LogP contribution in [-0.2, 0) is 23.7 Å². The molecule has 0 radical (unpaired) electrons. The molecule has 0 aliphatic carbocycles. The van der Waals surface area contributed by atoms with Crippen molar-refractivity contribution in [1.29, 1.82) is 0 Å². The van der Waals surface area contributed by atoms with Crippen LogP contribution in [-0.4, -0.2) is 100 Å². The van der Waals surface area contributed by atoms with Crippen LogP contribution >= 0.6 is 0 Å². The fraction of sp³-hybridized carbons (Fsp3) is 0.581. The third-order valence-corrected chi connectivity index (χ3v) is 6.67. The molecule has 10 heteroatoms. The number of cyclic esters (lactones) is 1. The molecule has 9 atom stereocenters. The van der Waals surface area contributed by atoms with Crippen molar-refractivity contribution in [2.45, 2.75) is 101 Å². The smallest absolute Gasteiger partial charge is 0.331 e. The molecule has 41 heavy (non-hydrogen) atoms. The molecule has 0 bridgehead atoms. The SMILES string of the molecule is CO[C@H]1C=C/C=C/CCC[C@@H](C)OC(=O)/C=C\C=C\C[C@H](O[C@@H]2O[C@H](CO)[C@@H](O)[C@H](O)[C@H]2O)/C=C/C=C/C[C@H](O)C1. The highest BCUT2D eigenvalue weighted by molar-refractivity contribution is 5.82. The number of carbonyl (C=O) groups is 1. The first-order chi connectivity index (χ1) is 19.7. The second kappa shape index (κ2) is 19.7. The normalized spacial score (nSPS) is 39.1. The van der Waals surface area contributed by atoms with E-state index in [4.69, 9.17) is 18.9 Å². The first kappa shape index (κ1) is 34.8. The summed E-state index contributed by atoms with van der Waals surface area (Å²) in [4.78, 5) is 12.1. The molecule has 2 rings (SSSR count). The Hall–Kier alpha value is -2.41. The molecule has 2 heterocycles. The molecule has 0 aromatic rings. The van der Waals surface area contributed by atoms with Gasteiger partial charge < -0.3 is 44.5 Å². The van der Waals surface area contributed by atoms with Crippen LogP contribution in [0.1, 0.15) is 45.4 Å². The standard InChI is InChI=1S/C31H46O10/c1-22-14-8-4-3-5-10-18-25(38-2)20-23(33)15-9-6-11-16-24(17-12-7-13-19-27(34)39-22)40-31-30(37)29(36)28(35)26(21-32)41-31/h3,5-7,9-13,16,18-19,22-26,28-33,35-37H,4,8,14-15,17,20-21H2,1-2H3/b5-3+,9-6+,12-7+,16-11+,18-10?,19-13-/t22-,23+,24-,25+,26-,28-,29+,30-,31-/m1/s1. The van der Waals surface area contributed by atoms with Crippen molar-refractivity contribution in [3.63, 3.8) is 0 Å². The van der Waals surface area contributed by atoms with Crippen LogP contribution in [0.3, 0.4) is 0 Å². The highest BCUT2D eigenvalue weighted by Crippen LogP contribution is 2.24. The maximum Gasteiger partial charge on any atom is 0.331 e. The Morgan fingerprint density at radius 3 is 2.29 bits per heavy atom. The van der Waals surface area contributed by atoms with Gasteiger partial charge in [0.15, 0.2) is 6.29 Å². The van der Waals surface area contributed by atoms with E-state index in [1.54, 1.807) is 43.6 Å². The van der Waals surface area contributed by atoms with Crippen molar-refractivity contribution >= 4 is 5.97 Å². The van der Waals surface area contributed by atoms with E-state index < -0.39 is 55.5 Å². The Bertz CT molecular complexity index is 922. The number of hydrogen-bond acceptors (Lipinski definition) is 10. The number of aliphatic hydroxyl groups excluding tert-OH is 5. The number of methoxy groups -OCH3 is 1. The monoisotopic (exact) mass is 578 g/mol. The summed E-state index contributed by atoms with van der Waals surface area (Å²) < 4.78 is 22.2. The van der Waals surface area contributed by atoms with Crippen LogP contribution in [0.2, 0.25) is 0 Å². The topological polar surface area (TPSA) is 155 Å². The van der Waals surface area contributed by atoms with Gasteiger partial charge in [0.05, 0.1) is 31.0 Å². The van der Waals surface area contributed by atoms with Gasteiger partial charge in [-0.2, -0.15) is 0 Å². The zero-order chi connectivity index (χ0) is 30.0. The quantitative estimate of drug-likeness (QED) is 0.314. The molecule has 5 N–H and O–H groups in total. The maximum absolute atomic E-state index is 12.1. The van der Waals surface area contributed by atoms with Crippen molar-refractivity contribution in [1.82, 2.24) is 0 Å². The summed E-state index contributed by atoms with van der Waals surface area (Å²) in [6.45, 7) is 1.29. The number of hydrogen-bond donors (Lipinski definition) is 5. The summed E-state index contributed by atoms with van der Waals surface area (Å²) >= 11 is 0. The number of aliphatic hydroxyl groups is 5. The van der Waals surface area contributed by atoms with Crippen LogP contribution < -0.4 is 0 Å². The average molecular weight is 579 g/mol. The van der Waals surface area contributed by atoms with Crippen molar-refractivity contribution in [2.24, 2.45) is 0 Å². The van der Waals surface area contributed by atoms with Crippen LogP contribution in [0.15, 0.2) is 72.9 Å². The molecule has 2 aliphatic rings. The molecular weight excluding hydrogens is 532 g/mol. The predicted octanol–water partition coefficient (Wildman–Crippen LogP) is 2.17. The van der Waals surface area contributed by atoms with Crippen molar-refractivity contribution < 1.29 is 49.3 Å². The molecule has 0 amide bonds. The minimum absolute atomic E-state index is 0.223. The van der Waals surface area contributed by atoms with Gasteiger partial charge in [0.1, 0.15) is 24.4 Å². The summed E-state index contributed by atoms with van der Waals surface area (Å²) in [5, 5.41) is 50.4. The first-order valence-corrected chi connectivity index (χ1v) is 14.1. The Balaban J connectivity index is 2.14. The van der Waals surface area contributed by atoms with E-state index in [0.717, 1.165) is 19.3 Å². The van der Waals surface area contributed by atoms with Crippen LogP contribution in [0.4, 0.5) is 0 Å². The second-order valence-electron chi connectivity index (χ2n) is 10.1. The van der Waals surface area contributed by atoms with Gasteiger partial charge in [-0.05, 0) is 39.0 Å². The fourth-order valence-electron chi connectivity index (χ4n) is 4.26. The molecule has 0 spiro atoms. The van der Waals surface area contributed by atoms with E-state index in [-0.39, 0.29) is 12.2 Å². The molecule has 230 valence electrons. The van der Waals surface area contributed by atoms with Crippen molar-refractivity contribution in [2.75, 3.05) is 13.7 Å². The molecule has 0 unspecified atom stereocenters. The van der Waals surface area contributed by atoms with Gasteiger partial charge in [-0.25, -0.2) is 4.79 Å². The number of carbonyl (C=O) groups excluding carboxylic acids is 1. The summed E-state index contributed by atoms with van der Waals surface area (Å²) in [7, 11) is 1.60. The van der Waals surface area contributed by atoms with Gasteiger partial charge in [0.2, 0.25) is 0 Å². The largest absolute Gasteiger partial charge is 0.460 e. The zero-order valence-corrected chi connectivity index (χ0v) is 23.9. The van der Waals surface area contributed by atoms with Gasteiger partial charge in [-0.1, -0.05) is 66.8 Å². The van der Waals surface area contributed by atoms with Gasteiger partial charge in [-0.15, -0.1) is 0 Å². The number of ether oxygens (including phenoxy) is 4. The molecule has 1 saturated heterocycles. The molecule has 0 saturated carbocycles. The lowest BCUT2D eigenvalue weighted by Crippen LogP contribution is -2.59. The maximum atomic E-state index is 12.1. The van der Waals surface area contributed by atoms with E-state index in [1.807, 2.05) is 37.3 Å². The lowest BCUT2D eigenvalue weighted by atomic mass is 9.99. The molecular formula is C31H46O10. The van der Waals surface area contributed by atoms with Crippen LogP contribution in [0.25, 0.3) is 0 Å². The Morgan fingerprint density at radius 1 is 0.878 bits per heavy atom. The van der Waals surface area contributed by atoms with Gasteiger partial charge in [0, 0.05) is 19.6 Å². The number of rotatable bonds is 4. The molecule has 0 aromatic carbocycles. The highest BCUT2D eigenvalue weighted by Gasteiger charge is 2.44. The van der Waals surface area contributed by atoms with Crippen molar-refractivity contribution in [3.05, 3.63) is 72.9 Å². The fourth-order valence-corrected chi connectivity index (χ4v) is 4.26. The summed E-state index contributed by atoms with van der Waals surface area (Å²) in [6.07, 6.45) is 16.0. The van der Waals surface area contributed by atoms with E-state index in [2.05, 4.69) is 0 Å². The first-order valence-electron chi connectivity index (χ1n) is 14.1. The number of esters is 1. The van der Waals surface area contributed by atoms with Gasteiger partial charge in [0.25, 0.3) is 0 Å². The molecule has 0 aromatic heterocycles. The molecule has 1 fully saturated rings. The summed E-state index contributed by atoms with van der Waals surface area (Å²) in [5.41, 5.74) is 0. The molecule has 10 nitrogen and oxygen atoms in total. The highest BCUT2D eigenvalue weighted by atomic mass is 16.7. The average Bonchev–Trinajstić information content (AvgIpc) is 2.94. The Labute approximate surface area is 242 Å².